The molecule has 0 spiro atoms. The highest BCUT2D eigenvalue weighted by Crippen LogP contribution is 2.22. The summed E-state index contributed by atoms with van der Waals surface area (Å²) in [5, 5.41) is 0. The SMILES string of the molecule is CC(C)(C)c1ccc(C(=O)[O][AlH])cc1. The van der Waals surface area contributed by atoms with Crippen LogP contribution in [-0.4, -0.2) is 22.6 Å². The molecule has 73 valence electrons. The van der Waals surface area contributed by atoms with Gasteiger partial charge in [-0.1, -0.05) is 32.9 Å². The summed E-state index contributed by atoms with van der Waals surface area (Å²) in [6.07, 6.45) is 0. The molecule has 1 rings (SSSR count). The molecular weight excluding hydrogens is 191 g/mol. The van der Waals surface area contributed by atoms with E-state index in [2.05, 4.69) is 24.6 Å². The molecule has 1 radical (unpaired) electrons. The first kappa shape index (κ1) is 11.3. The van der Waals surface area contributed by atoms with Gasteiger partial charge in [0.05, 0.1) is 5.56 Å². The molecule has 0 aliphatic heterocycles. The predicted molar refractivity (Wildman–Crippen MR) is 57.7 cm³/mol. The van der Waals surface area contributed by atoms with Gasteiger partial charge in [0.2, 0.25) is 0 Å². The summed E-state index contributed by atoms with van der Waals surface area (Å²) in [6, 6.07) is 7.54. The third-order valence-electron chi connectivity index (χ3n) is 2.12. The van der Waals surface area contributed by atoms with Crippen LogP contribution in [0.3, 0.4) is 0 Å². The minimum absolute atomic E-state index is 0.121. The average Bonchev–Trinajstić information content (AvgIpc) is 2.15. The largest absolute Gasteiger partial charge is 0.621 e. The highest BCUT2D eigenvalue weighted by molar-refractivity contribution is 6.09. The smallest absolute Gasteiger partial charge is 0.497 e. The van der Waals surface area contributed by atoms with Crippen LogP contribution in [0.4, 0.5) is 0 Å². The first-order valence-electron chi connectivity index (χ1n) is 4.52. The molecule has 0 unspecified atom stereocenters. The molecule has 0 aliphatic carbocycles. The third kappa shape index (κ3) is 2.60. The van der Waals surface area contributed by atoms with Crippen LogP contribution in [0.15, 0.2) is 24.3 Å². The second-order valence-electron chi connectivity index (χ2n) is 4.26. The molecule has 3 heteroatoms. The van der Waals surface area contributed by atoms with Crippen LogP contribution in [0, 0.1) is 0 Å². The first-order chi connectivity index (χ1) is 6.45. The fraction of sp³-hybridized carbons (Fsp3) is 0.364. The number of hydrogen-bond acceptors (Lipinski definition) is 2. The summed E-state index contributed by atoms with van der Waals surface area (Å²) in [5.74, 6) is -0.274. The third-order valence-corrected chi connectivity index (χ3v) is 2.38. The molecule has 14 heavy (non-hydrogen) atoms. The van der Waals surface area contributed by atoms with Crippen LogP contribution in [0.1, 0.15) is 36.7 Å². The van der Waals surface area contributed by atoms with E-state index in [0.717, 1.165) is 0 Å². The Morgan fingerprint density at radius 3 is 2.07 bits per heavy atom. The molecule has 0 saturated heterocycles. The normalized spacial score (nSPS) is 11.1. The lowest BCUT2D eigenvalue weighted by Gasteiger charge is -2.18. The van der Waals surface area contributed by atoms with Gasteiger partial charge in [0, 0.05) is 0 Å². The fourth-order valence-corrected chi connectivity index (χ4v) is 1.36. The van der Waals surface area contributed by atoms with Gasteiger partial charge in [-0.3, -0.25) is 0 Å². The average molecular weight is 205 g/mol. The number of benzene rings is 1. The number of carbonyl (C=O) groups is 1. The Labute approximate surface area is 93.0 Å². The lowest BCUT2D eigenvalue weighted by molar-refractivity contribution is 0.0749. The van der Waals surface area contributed by atoms with Gasteiger partial charge in [-0.15, -0.1) is 0 Å². The molecule has 2 nitrogen and oxygen atoms in total. The molecular formula is C11H14AlO2. The van der Waals surface area contributed by atoms with Gasteiger partial charge in [0.1, 0.15) is 0 Å². The maximum atomic E-state index is 11.2. The zero-order valence-corrected chi connectivity index (χ0v) is 10.2. The van der Waals surface area contributed by atoms with E-state index >= 15 is 0 Å². The second-order valence-corrected chi connectivity index (χ2v) is 4.55. The van der Waals surface area contributed by atoms with Crippen molar-refractivity contribution in [1.29, 1.82) is 0 Å². The van der Waals surface area contributed by atoms with E-state index in [-0.39, 0.29) is 11.4 Å². The van der Waals surface area contributed by atoms with Crippen molar-refractivity contribution in [2.75, 3.05) is 0 Å². The van der Waals surface area contributed by atoms with Crippen molar-refractivity contribution < 1.29 is 8.58 Å². The standard InChI is InChI=1S/C11H14O2.Al.H/c1-11(2,3)9-6-4-8(5-7-9)10(12)13;;/h4-7H,1-3H3,(H,12,13);;/q;+1;/p-1. The van der Waals surface area contributed by atoms with Crippen molar-refractivity contribution in [2.45, 2.75) is 26.2 Å². The van der Waals surface area contributed by atoms with E-state index in [0.29, 0.717) is 5.56 Å². The molecule has 0 heterocycles. The van der Waals surface area contributed by atoms with Crippen molar-refractivity contribution >= 4 is 22.6 Å². The van der Waals surface area contributed by atoms with Gasteiger partial charge in [0.25, 0.3) is 0 Å². The maximum absolute atomic E-state index is 11.2. The quantitative estimate of drug-likeness (QED) is 0.655. The molecule has 0 atom stereocenters. The van der Waals surface area contributed by atoms with E-state index in [1.54, 1.807) is 12.1 Å². The lowest BCUT2D eigenvalue weighted by atomic mass is 9.87. The Balaban J connectivity index is 2.95. The molecule has 0 bridgehead atoms. The van der Waals surface area contributed by atoms with Crippen molar-refractivity contribution in [3.63, 3.8) is 0 Å². The molecule has 0 aromatic heterocycles. The van der Waals surface area contributed by atoms with Crippen LogP contribution in [-0.2, 0) is 9.20 Å². The molecule has 0 saturated carbocycles. The maximum Gasteiger partial charge on any atom is 0.497 e. The molecule has 0 fully saturated rings. The Morgan fingerprint density at radius 2 is 1.71 bits per heavy atom. The van der Waals surface area contributed by atoms with Crippen molar-refractivity contribution in [2.24, 2.45) is 0 Å². The molecule has 1 aromatic rings. The van der Waals surface area contributed by atoms with Gasteiger partial charge < -0.3 is 3.79 Å². The van der Waals surface area contributed by atoms with Crippen molar-refractivity contribution in [1.82, 2.24) is 0 Å². The number of hydrogen-bond donors (Lipinski definition) is 0. The van der Waals surface area contributed by atoms with Gasteiger partial charge in [-0.25, -0.2) is 4.79 Å². The molecule has 0 N–H and O–H groups in total. The molecule has 0 aliphatic rings. The Bertz CT molecular complexity index is 322. The summed E-state index contributed by atoms with van der Waals surface area (Å²) in [6.45, 7) is 6.42. The minimum atomic E-state index is -0.274. The van der Waals surface area contributed by atoms with Crippen LogP contribution >= 0.6 is 0 Å². The van der Waals surface area contributed by atoms with E-state index in [4.69, 9.17) is 0 Å². The zero-order chi connectivity index (χ0) is 10.8. The van der Waals surface area contributed by atoms with Crippen LogP contribution in [0.2, 0.25) is 0 Å². The van der Waals surface area contributed by atoms with Gasteiger partial charge in [-0.05, 0) is 23.1 Å². The summed E-state index contributed by atoms with van der Waals surface area (Å²) >= 11 is 1.20. The van der Waals surface area contributed by atoms with Gasteiger partial charge in [0.15, 0.2) is 0 Å². The highest BCUT2D eigenvalue weighted by atomic mass is 27.1. The topological polar surface area (TPSA) is 26.3 Å². The Kier molecular flexibility index (Phi) is 3.36. The van der Waals surface area contributed by atoms with Gasteiger partial charge >= 0.3 is 22.6 Å². The van der Waals surface area contributed by atoms with E-state index < -0.39 is 0 Å². The predicted octanol–water partition coefficient (Wildman–Crippen LogP) is 1.96. The first-order valence-corrected chi connectivity index (χ1v) is 5.10. The summed E-state index contributed by atoms with van der Waals surface area (Å²) in [5.41, 5.74) is 1.94. The van der Waals surface area contributed by atoms with E-state index in [1.807, 2.05) is 12.1 Å². The summed E-state index contributed by atoms with van der Waals surface area (Å²) in [7, 11) is 0. The number of carbonyl (C=O) groups excluding carboxylic acids is 1. The molecule has 1 aromatic carbocycles. The van der Waals surface area contributed by atoms with E-state index in [1.165, 1.54) is 22.2 Å². The lowest BCUT2D eigenvalue weighted by Crippen LogP contribution is -2.11. The fourth-order valence-electron chi connectivity index (χ4n) is 1.19. The van der Waals surface area contributed by atoms with E-state index in [9.17, 15) is 4.79 Å². The monoisotopic (exact) mass is 205 g/mol. The minimum Gasteiger partial charge on any atom is -0.621 e. The van der Waals surface area contributed by atoms with Gasteiger partial charge in [-0.2, -0.15) is 0 Å². The van der Waals surface area contributed by atoms with Crippen molar-refractivity contribution in [3.05, 3.63) is 35.4 Å². The molecule has 0 amide bonds. The van der Waals surface area contributed by atoms with Crippen LogP contribution in [0.5, 0.6) is 0 Å². The van der Waals surface area contributed by atoms with Crippen LogP contribution in [0.25, 0.3) is 0 Å². The van der Waals surface area contributed by atoms with Crippen molar-refractivity contribution in [3.8, 4) is 0 Å². The Hall–Kier alpha value is -0.778. The Morgan fingerprint density at radius 1 is 1.21 bits per heavy atom. The second kappa shape index (κ2) is 4.17. The zero-order valence-electron chi connectivity index (χ0n) is 8.83. The number of rotatable bonds is 1. The van der Waals surface area contributed by atoms with Crippen LogP contribution < -0.4 is 0 Å². The summed E-state index contributed by atoms with van der Waals surface area (Å²) in [4.78, 5) is 11.2. The highest BCUT2D eigenvalue weighted by Gasteiger charge is 2.13. The summed E-state index contributed by atoms with van der Waals surface area (Å²) < 4.78 is 4.65.